The maximum absolute atomic E-state index is 14.7. The van der Waals surface area contributed by atoms with Crippen molar-refractivity contribution in [1.29, 1.82) is 0 Å². The Kier molecular flexibility index (Phi) is 33.9. The SMILES string of the molecule is CSCC[C@H](NC(=O)[C@@H](CC(C)C)NC(=O)CNC(=O)[C@H](Cc1ccccc1)NC(=O)[C@@H](Cc1ccccc1)NC(=O)[C@@H](CCC(N)=O)NC(=O)[C@@H](CCC(N)=O)NC(=O)[C@H]1CCCN1C(=O)[C@@H](CCCCN)NC(=O)[C@H]1CCCN1C(=O)[C@@H](N)CCCN=C(N)N)C(N)=O. The first kappa shape index (κ1) is 78.5. The largest absolute Gasteiger partial charge is 0.370 e. The van der Waals surface area contributed by atoms with Gasteiger partial charge < -0.3 is 92.5 Å². The van der Waals surface area contributed by atoms with Crippen molar-refractivity contribution in [2.75, 3.05) is 44.7 Å². The highest BCUT2D eigenvalue weighted by Crippen LogP contribution is 2.24. The van der Waals surface area contributed by atoms with E-state index in [2.05, 4.69) is 47.5 Å². The van der Waals surface area contributed by atoms with Crippen LogP contribution in [0.5, 0.6) is 0 Å². The third-order valence-corrected chi connectivity index (χ3v) is 16.7. The number of hydrogen-bond acceptors (Lipinski definition) is 17. The molecule has 13 amide bonds. The van der Waals surface area contributed by atoms with Crippen molar-refractivity contribution < 1.29 is 62.3 Å². The Hall–Kier alpha value is -8.91. The van der Waals surface area contributed by atoms with Crippen LogP contribution in [0.4, 0.5) is 0 Å². The van der Waals surface area contributed by atoms with Gasteiger partial charge in [-0.3, -0.25) is 67.3 Å². The molecule has 4 rings (SSSR count). The highest BCUT2D eigenvalue weighted by atomic mass is 32.2. The molecule has 32 heteroatoms. The summed E-state index contributed by atoms with van der Waals surface area (Å²) in [6, 6.07) is 4.51. The number of nitrogens with one attached hydrogen (secondary N) is 8. The molecule has 22 N–H and O–H groups in total. The summed E-state index contributed by atoms with van der Waals surface area (Å²) in [5, 5.41) is 21.1. The topological polar surface area (TPSA) is 519 Å². The number of guanidine groups is 1. The molecule has 2 saturated heterocycles. The molecular weight excluding hydrogens is 1250 g/mol. The van der Waals surface area contributed by atoms with E-state index in [4.69, 9.17) is 40.1 Å². The average molecular weight is 1350 g/mol. The second-order valence-electron chi connectivity index (χ2n) is 24.1. The van der Waals surface area contributed by atoms with Gasteiger partial charge >= 0.3 is 0 Å². The van der Waals surface area contributed by atoms with Crippen LogP contribution in [0.15, 0.2) is 65.7 Å². The van der Waals surface area contributed by atoms with Gasteiger partial charge in [0.25, 0.3) is 0 Å². The minimum Gasteiger partial charge on any atom is -0.370 e. The molecule has 2 aliphatic rings. The Morgan fingerprint density at radius 1 is 0.537 bits per heavy atom. The second-order valence-corrected chi connectivity index (χ2v) is 25.1. The lowest BCUT2D eigenvalue weighted by molar-refractivity contribution is -0.144. The Bertz CT molecular complexity index is 2960. The molecule has 0 saturated carbocycles. The molecule has 2 aromatic rings. The summed E-state index contributed by atoms with van der Waals surface area (Å²) in [7, 11) is 0. The molecule has 0 aliphatic carbocycles. The monoisotopic (exact) mass is 1350 g/mol. The van der Waals surface area contributed by atoms with Crippen LogP contribution < -0.4 is 82.7 Å². The van der Waals surface area contributed by atoms with Crippen molar-refractivity contribution >= 4 is 94.5 Å². The zero-order chi connectivity index (χ0) is 70.1. The zero-order valence-electron chi connectivity index (χ0n) is 54.5. The first-order chi connectivity index (χ1) is 45.2. The van der Waals surface area contributed by atoms with E-state index in [1.54, 1.807) is 60.7 Å². The van der Waals surface area contributed by atoms with Crippen molar-refractivity contribution in [2.45, 2.75) is 183 Å². The predicted octanol–water partition coefficient (Wildman–Crippen LogP) is -3.71. The predicted molar refractivity (Wildman–Crippen MR) is 356 cm³/mol. The molecule has 0 bridgehead atoms. The van der Waals surface area contributed by atoms with Gasteiger partial charge in [-0.15, -0.1) is 0 Å². The highest BCUT2D eigenvalue weighted by molar-refractivity contribution is 7.98. The summed E-state index contributed by atoms with van der Waals surface area (Å²) in [5.74, 6) is -9.80. The van der Waals surface area contributed by atoms with Crippen LogP contribution in [0, 0.1) is 5.92 Å². The van der Waals surface area contributed by atoms with Crippen LogP contribution in [-0.2, 0) is 75.2 Å². The van der Waals surface area contributed by atoms with Gasteiger partial charge in [0.1, 0.15) is 54.4 Å². The van der Waals surface area contributed by atoms with Gasteiger partial charge in [-0.25, -0.2) is 0 Å². The van der Waals surface area contributed by atoms with Crippen LogP contribution in [0.25, 0.3) is 0 Å². The standard InChI is InChI=1S/C63H98N18O13S/c1-37(2)33-45(57(89)74-41(53(68)85)27-32-95-3)73-52(84)36-72-54(86)46(34-38-15-6-4-7-16-38)78-58(90)47(35-39-17-8-5-9-18-39)79-56(88)42(23-25-50(66)82)75-55(87)43(24-26-51(67)83)76-59(91)49-22-14-31-81(49)62(94)44(20-10-11-28-64)77-60(92)48-21-13-30-80(48)61(93)40(65)19-12-29-71-63(69)70/h4-9,15-18,37,40-49H,10-14,19-36,64-65H2,1-3H3,(H2,66,82)(H2,67,83)(H2,68,85)(H,72,86)(H,73,84)(H,74,89)(H,75,87)(H,76,91)(H,77,92)(H,78,90)(H,79,88)(H4,69,70,71)/t40-,41-,42+,43+,44+,45+,46-,47+,48+,49+/m0/s1. The Morgan fingerprint density at radius 3 is 1.51 bits per heavy atom. The number of hydrogen-bond donors (Lipinski definition) is 15. The number of benzene rings is 2. The maximum atomic E-state index is 14.7. The summed E-state index contributed by atoms with van der Waals surface area (Å²) >= 11 is 1.45. The van der Waals surface area contributed by atoms with Crippen molar-refractivity contribution in [3.8, 4) is 0 Å². The van der Waals surface area contributed by atoms with E-state index >= 15 is 0 Å². The number of amides is 13. The van der Waals surface area contributed by atoms with Crippen molar-refractivity contribution in [3.05, 3.63) is 71.8 Å². The molecule has 0 spiro atoms. The first-order valence-electron chi connectivity index (χ1n) is 32.2. The number of nitrogens with two attached hydrogens (primary N) is 7. The van der Waals surface area contributed by atoms with Gasteiger partial charge in [0.15, 0.2) is 5.96 Å². The van der Waals surface area contributed by atoms with E-state index in [1.165, 1.54) is 21.6 Å². The Morgan fingerprint density at radius 2 is 1.01 bits per heavy atom. The maximum Gasteiger partial charge on any atom is 0.245 e. The molecule has 2 heterocycles. The summed E-state index contributed by atoms with van der Waals surface area (Å²) < 4.78 is 0. The molecule has 2 aromatic carbocycles. The van der Waals surface area contributed by atoms with E-state index in [9.17, 15) is 62.3 Å². The van der Waals surface area contributed by atoms with Crippen LogP contribution in [0.2, 0.25) is 0 Å². The van der Waals surface area contributed by atoms with E-state index in [0.717, 1.165) is 0 Å². The molecule has 2 fully saturated rings. The van der Waals surface area contributed by atoms with Crippen LogP contribution in [0.3, 0.4) is 0 Å². The molecule has 0 aromatic heterocycles. The minimum absolute atomic E-state index is 0.0736. The Labute approximate surface area is 558 Å². The number of carbonyl (C=O) groups is 13. The molecular formula is C63H98N18O13S. The molecule has 2 aliphatic heterocycles. The van der Waals surface area contributed by atoms with Crippen molar-refractivity contribution in [2.24, 2.45) is 51.0 Å². The lowest BCUT2D eigenvalue weighted by Gasteiger charge is -2.32. The fraction of sp³-hybridized carbons (Fsp3) is 0.587. The van der Waals surface area contributed by atoms with Gasteiger partial charge in [0.2, 0.25) is 76.8 Å². The second kappa shape index (κ2) is 41.0. The first-order valence-corrected chi connectivity index (χ1v) is 33.6. The number of likely N-dealkylation sites (tertiary alicyclic amines) is 2. The minimum atomic E-state index is -1.64. The fourth-order valence-electron chi connectivity index (χ4n) is 11.0. The van der Waals surface area contributed by atoms with Gasteiger partial charge in [0.05, 0.1) is 12.6 Å². The quantitative estimate of drug-likeness (QED) is 0.0173. The van der Waals surface area contributed by atoms with Crippen molar-refractivity contribution in [3.63, 3.8) is 0 Å². The zero-order valence-corrected chi connectivity index (χ0v) is 55.3. The lowest BCUT2D eigenvalue weighted by Crippen LogP contribution is -2.60. The van der Waals surface area contributed by atoms with E-state index in [-0.39, 0.29) is 83.0 Å². The van der Waals surface area contributed by atoms with Crippen LogP contribution in [0.1, 0.15) is 121 Å². The summed E-state index contributed by atoms with van der Waals surface area (Å²) in [5.41, 5.74) is 40.6. The Balaban J connectivity index is 1.56. The number of thioether (sulfide) groups is 1. The molecule has 0 radical (unpaired) electrons. The van der Waals surface area contributed by atoms with Crippen LogP contribution >= 0.6 is 11.8 Å². The number of unbranched alkanes of at least 4 members (excludes halogenated alkanes) is 1. The number of nitrogens with zero attached hydrogens (tertiary/aromatic N) is 3. The van der Waals surface area contributed by atoms with E-state index < -0.39 is 169 Å². The fourth-order valence-corrected chi connectivity index (χ4v) is 11.5. The molecule has 524 valence electrons. The average Bonchev–Trinajstić information content (AvgIpc) is 1.74. The third kappa shape index (κ3) is 27.5. The third-order valence-electron chi connectivity index (χ3n) is 16.0. The molecule has 95 heavy (non-hydrogen) atoms. The highest BCUT2D eigenvalue weighted by Gasteiger charge is 2.42. The number of carbonyl (C=O) groups excluding carboxylic acids is 13. The lowest BCUT2D eigenvalue weighted by atomic mass is 10.0. The summed E-state index contributed by atoms with van der Waals surface area (Å²) in [6.45, 7) is 3.86. The summed E-state index contributed by atoms with van der Waals surface area (Å²) in [6.07, 6.45) is 3.12. The van der Waals surface area contributed by atoms with Crippen LogP contribution in [-0.4, -0.2) is 198 Å². The molecule has 31 nitrogen and oxygen atoms in total. The number of rotatable bonds is 42. The normalized spacial score (nSPS) is 16.8. The van der Waals surface area contributed by atoms with Crippen molar-refractivity contribution in [1.82, 2.24) is 52.3 Å². The van der Waals surface area contributed by atoms with Gasteiger partial charge in [0, 0.05) is 45.3 Å². The van der Waals surface area contributed by atoms with E-state index in [0.29, 0.717) is 55.4 Å². The van der Waals surface area contributed by atoms with Gasteiger partial charge in [-0.2, -0.15) is 11.8 Å². The smallest absolute Gasteiger partial charge is 0.245 e. The number of primary amides is 3. The van der Waals surface area contributed by atoms with E-state index in [1.807, 2.05) is 20.1 Å². The molecule has 0 unspecified atom stereocenters. The molecule has 10 atom stereocenters. The van der Waals surface area contributed by atoms with Gasteiger partial charge in [-0.05, 0) is 119 Å². The number of aliphatic imine (C=N–C) groups is 1. The van der Waals surface area contributed by atoms with Gasteiger partial charge in [-0.1, -0.05) is 74.5 Å². The summed E-state index contributed by atoms with van der Waals surface area (Å²) in [4.78, 5) is 185.